The SMILES string of the molecule is CC(C)N1CCCN(c2ccc3ncn(C(c4ccccc4)c4ccccc4)c3c2)CC1. The lowest BCUT2D eigenvalue weighted by Gasteiger charge is -2.26. The van der Waals surface area contributed by atoms with E-state index in [-0.39, 0.29) is 6.04 Å². The summed E-state index contributed by atoms with van der Waals surface area (Å²) in [5, 5.41) is 0. The zero-order valence-electron chi connectivity index (χ0n) is 19.1. The number of anilines is 1. The molecule has 0 bridgehead atoms. The summed E-state index contributed by atoms with van der Waals surface area (Å²) in [6, 6.07) is 28.9. The molecule has 1 aliphatic heterocycles. The summed E-state index contributed by atoms with van der Waals surface area (Å²) >= 11 is 0. The van der Waals surface area contributed by atoms with Crippen molar-refractivity contribution in [1.82, 2.24) is 14.5 Å². The van der Waals surface area contributed by atoms with Crippen LogP contribution >= 0.6 is 0 Å². The van der Waals surface area contributed by atoms with Crippen LogP contribution in [0, 0.1) is 0 Å². The molecule has 0 saturated carbocycles. The normalized spacial score (nSPS) is 15.6. The van der Waals surface area contributed by atoms with Gasteiger partial charge in [-0.05, 0) is 49.6 Å². The summed E-state index contributed by atoms with van der Waals surface area (Å²) in [5.74, 6) is 0. The van der Waals surface area contributed by atoms with Crippen LogP contribution in [0.3, 0.4) is 0 Å². The van der Waals surface area contributed by atoms with Crippen LogP contribution in [0.4, 0.5) is 5.69 Å². The quantitative estimate of drug-likeness (QED) is 0.417. The molecular weight excluding hydrogens is 392 g/mol. The monoisotopic (exact) mass is 424 g/mol. The topological polar surface area (TPSA) is 24.3 Å². The first-order valence-electron chi connectivity index (χ1n) is 11.8. The van der Waals surface area contributed by atoms with Crippen molar-refractivity contribution in [1.29, 1.82) is 0 Å². The first-order valence-corrected chi connectivity index (χ1v) is 11.8. The van der Waals surface area contributed by atoms with E-state index in [0.29, 0.717) is 6.04 Å². The van der Waals surface area contributed by atoms with E-state index in [1.54, 1.807) is 0 Å². The van der Waals surface area contributed by atoms with Crippen molar-refractivity contribution in [2.75, 3.05) is 31.1 Å². The highest BCUT2D eigenvalue weighted by atomic mass is 15.2. The molecule has 0 atom stereocenters. The lowest BCUT2D eigenvalue weighted by atomic mass is 9.98. The lowest BCUT2D eigenvalue weighted by Crippen LogP contribution is -2.35. The molecule has 1 saturated heterocycles. The van der Waals surface area contributed by atoms with Crippen molar-refractivity contribution in [2.45, 2.75) is 32.4 Å². The molecule has 5 rings (SSSR count). The van der Waals surface area contributed by atoms with Gasteiger partial charge in [0.25, 0.3) is 0 Å². The Hall–Kier alpha value is -3.11. The molecule has 3 aromatic carbocycles. The number of hydrogen-bond acceptors (Lipinski definition) is 3. The number of nitrogens with zero attached hydrogens (tertiary/aromatic N) is 4. The highest BCUT2D eigenvalue weighted by Crippen LogP contribution is 2.32. The van der Waals surface area contributed by atoms with Crippen LogP contribution in [0.5, 0.6) is 0 Å². The summed E-state index contributed by atoms with van der Waals surface area (Å²) in [7, 11) is 0. The maximum absolute atomic E-state index is 4.77. The predicted octanol–water partition coefficient (Wildman–Crippen LogP) is 5.59. The van der Waals surface area contributed by atoms with E-state index in [1.807, 2.05) is 6.33 Å². The van der Waals surface area contributed by atoms with Crippen LogP contribution < -0.4 is 4.90 Å². The summed E-state index contributed by atoms with van der Waals surface area (Å²) in [5.41, 5.74) is 6.07. The van der Waals surface area contributed by atoms with Crippen LogP contribution in [0.15, 0.2) is 85.2 Å². The second-order valence-corrected chi connectivity index (χ2v) is 9.02. The summed E-state index contributed by atoms with van der Waals surface area (Å²) in [4.78, 5) is 9.89. The molecule has 164 valence electrons. The van der Waals surface area contributed by atoms with E-state index in [1.165, 1.54) is 35.3 Å². The molecule has 4 aromatic rings. The highest BCUT2D eigenvalue weighted by molar-refractivity contribution is 5.80. The number of hydrogen-bond donors (Lipinski definition) is 0. The largest absolute Gasteiger partial charge is 0.370 e. The van der Waals surface area contributed by atoms with Gasteiger partial charge in [-0.3, -0.25) is 4.90 Å². The van der Waals surface area contributed by atoms with Gasteiger partial charge in [0.05, 0.1) is 23.4 Å². The minimum atomic E-state index is 0.0956. The van der Waals surface area contributed by atoms with Crippen LogP contribution in [0.1, 0.15) is 37.4 Å². The van der Waals surface area contributed by atoms with Crippen LogP contribution in [0.25, 0.3) is 11.0 Å². The molecular formula is C28H32N4. The third kappa shape index (κ3) is 4.15. The zero-order valence-corrected chi connectivity index (χ0v) is 19.1. The Morgan fingerprint density at radius 2 is 1.44 bits per heavy atom. The fourth-order valence-electron chi connectivity index (χ4n) is 4.91. The third-order valence-electron chi connectivity index (χ3n) is 6.69. The summed E-state index contributed by atoms with van der Waals surface area (Å²) < 4.78 is 2.34. The Labute approximate surface area is 191 Å². The van der Waals surface area contributed by atoms with Gasteiger partial charge >= 0.3 is 0 Å². The fraction of sp³-hybridized carbons (Fsp3) is 0.321. The van der Waals surface area contributed by atoms with Gasteiger partial charge in [0.1, 0.15) is 0 Å². The zero-order chi connectivity index (χ0) is 21.9. The molecule has 2 heterocycles. The van der Waals surface area contributed by atoms with E-state index < -0.39 is 0 Å². The predicted molar refractivity (Wildman–Crippen MR) is 133 cm³/mol. The van der Waals surface area contributed by atoms with E-state index in [2.05, 4.69) is 107 Å². The number of fused-ring (bicyclic) bond motifs is 1. The van der Waals surface area contributed by atoms with Crippen LogP contribution in [0.2, 0.25) is 0 Å². The minimum Gasteiger partial charge on any atom is -0.370 e. The Bertz CT molecular complexity index is 1110. The van der Waals surface area contributed by atoms with Gasteiger partial charge in [0, 0.05) is 37.9 Å². The number of aromatic nitrogens is 2. The Morgan fingerprint density at radius 1 is 0.750 bits per heavy atom. The van der Waals surface area contributed by atoms with E-state index in [4.69, 9.17) is 4.98 Å². The van der Waals surface area contributed by atoms with E-state index in [9.17, 15) is 0 Å². The minimum absolute atomic E-state index is 0.0956. The molecule has 1 aromatic heterocycles. The maximum Gasteiger partial charge on any atom is 0.0966 e. The first-order chi connectivity index (χ1) is 15.7. The van der Waals surface area contributed by atoms with E-state index in [0.717, 1.165) is 25.2 Å². The average Bonchev–Trinajstić information content (AvgIpc) is 3.07. The number of rotatable bonds is 5. The number of imidazole rings is 1. The molecule has 4 heteroatoms. The molecule has 1 fully saturated rings. The van der Waals surface area contributed by atoms with Crippen molar-refractivity contribution >= 4 is 16.7 Å². The van der Waals surface area contributed by atoms with Crippen molar-refractivity contribution in [3.8, 4) is 0 Å². The van der Waals surface area contributed by atoms with Crippen LogP contribution in [-0.4, -0.2) is 46.7 Å². The van der Waals surface area contributed by atoms with Crippen molar-refractivity contribution in [3.63, 3.8) is 0 Å². The fourth-order valence-corrected chi connectivity index (χ4v) is 4.91. The smallest absolute Gasteiger partial charge is 0.0966 e. The molecule has 0 N–H and O–H groups in total. The second kappa shape index (κ2) is 9.17. The molecule has 32 heavy (non-hydrogen) atoms. The third-order valence-corrected chi connectivity index (χ3v) is 6.69. The summed E-state index contributed by atoms with van der Waals surface area (Å²) in [6.07, 6.45) is 3.20. The number of benzene rings is 3. The Balaban J connectivity index is 1.54. The van der Waals surface area contributed by atoms with Crippen molar-refractivity contribution in [2.24, 2.45) is 0 Å². The van der Waals surface area contributed by atoms with Gasteiger partial charge in [-0.2, -0.15) is 0 Å². The van der Waals surface area contributed by atoms with Gasteiger partial charge in [0.2, 0.25) is 0 Å². The molecule has 0 unspecified atom stereocenters. The van der Waals surface area contributed by atoms with Crippen molar-refractivity contribution < 1.29 is 0 Å². The maximum atomic E-state index is 4.77. The first kappa shape index (κ1) is 20.8. The van der Waals surface area contributed by atoms with Crippen LogP contribution in [-0.2, 0) is 0 Å². The van der Waals surface area contributed by atoms with Gasteiger partial charge in [-0.15, -0.1) is 0 Å². The lowest BCUT2D eigenvalue weighted by molar-refractivity contribution is 0.238. The summed E-state index contributed by atoms with van der Waals surface area (Å²) in [6.45, 7) is 9.06. The molecule has 1 aliphatic rings. The molecule has 0 spiro atoms. The van der Waals surface area contributed by atoms with Gasteiger partial charge in [0.15, 0.2) is 0 Å². The standard InChI is InChI=1S/C28H32N4/c1-22(2)30-16-9-17-31(19-18-30)25-14-15-26-27(20-25)32(21-29-26)28(23-10-5-3-6-11-23)24-12-7-4-8-13-24/h3-8,10-15,20-22,28H,9,16-19H2,1-2H3. The highest BCUT2D eigenvalue weighted by Gasteiger charge is 2.21. The average molecular weight is 425 g/mol. The molecule has 4 nitrogen and oxygen atoms in total. The molecule has 0 amide bonds. The van der Waals surface area contributed by atoms with Gasteiger partial charge in [-0.1, -0.05) is 60.7 Å². The molecule has 0 radical (unpaired) electrons. The second-order valence-electron chi connectivity index (χ2n) is 9.02. The Morgan fingerprint density at radius 3 is 2.09 bits per heavy atom. The Kier molecular flexibility index (Phi) is 5.95. The van der Waals surface area contributed by atoms with Crippen molar-refractivity contribution in [3.05, 3.63) is 96.3 Å². The van der Waals surface area contributed by atoms with Gasteiger partial charge < -0.3 is 9.47 Å². The van der Waals surface area contributed by atoms with E-state index >= 15 is 0 Å². The molecule has 0 aliphatic carbocycles. The van der Waals surface area contributed by atoms with Gasteiger partial charge in [-0.25, -0.2) is 4.98 Å².